The van der Waals surface area contributed by atoms with Gasteiger partial charge in [0.25, 0.3) is 0 Å². The van der Waals surface area contributed by atoms with Crippen molar-refractivity contribution in [3.63, 3.8) is 0 Å². The maximum absolute atomic E-state index is 11.5. The van der Waals surface area contributed by atoms with Gasteiger partial charge >= 0.3 is 0 Å². The summed E-state index contributed by atoms with van der Waals surface area (Å²) in [6.45, 7) is 8.09. The Balaban J connectivity index is 1.99. The average Bonchev–Trinajstić information content (AvgIpc) is 2.68. The fourth-order valence-corrected chi connectivity index (χ4v) is 3.95. The Hall–Kier alpha value is -1.24. The molecule has 4 nitrogen and oxygen atoms in total. The standard InChI is InChI=1S/C22H28BrNO3/c1-21(2,22(3,26)20(25)24-12-14-27-15-13-24)19-7-5-4-6-18(19)16-8-10-17(23)11-9-16/h4-11,20,25-26H,12-15H2,1-3H3. The van der Waals surface area contributed by atoms with E-state index in [2.05, 4.69) is 34.1 Å². The van der Waals surface area contributed by atoms with Crippen LogP contribution in [0.3, 0.4) is 0 Å². The summed E-state index contributed by atoms with van der Waals surface area (Å²) >= 11 is 3.48. The van der Waals surface area contributed by atoms with Crippen LogP contribution in [0, 0.1) is 0 Å². The molecular weight excluding hydrogens is 406 g/mol. The van der Waals surface area contributed by atoms with Gasteiger partial charge in [0.1, 0.15) is 11.8 Å². The third-order valence-electron chi connectivity index (χ3n) is 5.92. The van der Waals surface area contributed by atoms with Crippen molar-refractivity contribution >= 4 is 15.9 Å². The second-order valence-electron chi connectivity index (χ2n) is 7.85. The predicted molar refractivity (Wildman–Crippen MR) is 112 cm³/mol. The molecule has 1 saturated heterocycles. The van der Waals surface area contributed by atoms with Gasteiger partial charge in [-0.2, -0.15) is 0 Å². The summed E-state index contributed by atoms with van der Waals surface area (Å²) in [7, 11) is 0. The van der Waals surface area contributed by atoms with Crippen LogP contribution in [0.4, 0.5) is 0 Å². The highest BCUT2D eigenvalue weighted by atomic mass is 79.9. The number of hydrogen-bond acceptors (Lipinski definition) is 4. The largest absolute Gasteiger partial charge is 0.385 e. The van der Waals surface area contributed by atoms with Gasteiger partial charge in [-0.3, -0.25) is 4.90 Å². The molecule has 1 heterocycles. The van der Waals surface area contributed by atoms with Crippen molar-refractivity contribution in [3.8, 4) is 11.1 Å². The lowest BCUT2D eigenvalue weighted by molar-refractivity contribution is -0.184. The van der Waals surface area contributed by atoms with Gasteiger partial charge in [-0.25, -0.2) is 0 Å². The highest BCUT2D eigenvalue weighted by Crippen LogP contribution is 2.42. The van der Waals surface area contributed by atoms with Crippen molar-refractivity contribution in [1.29, 1.82) is 0 Å². The van der Waals surface area contributed by atoms with Gasteiger partial charge in [0.15, 0.2) is 0 Å². The van der Waals surface area contributed by atoms with Crippen LogP contribution in [0.5, 0.6) is 0 Å². The first-order chi connectivity index (χ1) is 12.7. The van der Waals surface area contributed by atoms with E-state index >= 15 is 0 Å². The Kier molecular flexibility index (Phi) is 6.08. The number of hydrogen-bond donors (Lipinski definition) is 2. The first kappa shape index (κ1) is 20.5. The number of benzene rings is 2. The first-order valence-electron chi connectivity index (χ1n) is 9.33. The van der Waals surface area contributed by atoms with Crippen LogP contribution in [0.1, 0.15) is 26.3 Å². The summed E-state index contributed by atoms with van der Waals surface area (Å²) in [5, 5.41) is 22.5. The molecule has 1 aliphatic rings. The lowest BCUT2D eigenvalue weighted by Crippen LogP contribution is -2.62. The van der Waals surface area contributed by atoms with Gasteiger partial charge in [0.05, 0.1) is 13.2 Å². The average molecular weight is 434 g/mol. The molecule has 1 fully saturated rings. The second-order valence-corrected chi connectivity index (χ2v) is 8.76. The molecular formula is C22H28BrNO3. The van der Waals surface area contributed by atoms with Crippen LogP contribution >= 0.6 is 15.9 Å². The number of rotatable bonds is 5. The molecule has 0 aliphatic carbocycles. The fourth-order valence-electron chi connectivity index (χ4n) is 3.68. The van der Waals surface area contributed by atoms with Crippen molar-refractivity contribution < 1.29 is 14.9 Å². The third-order valence-corrected chi connectivity index (χ3v) is 6.44. The van der Waals surface area contributed by atoms with Crippen molar-refractivity contribution in [1.82, 2.24) is 4.90 Å². The molecule has 5 heteroatoms. The lowest BCUT2D eigenvalue weighted by Gasteiger charge is -2.48. The molecule has 27 heavy (non-hydrogen) atoms. The van der Waals surface area contributed by atoms with Crippen molar-refractivity contribution in [2.45, 2.75) is 38.0 Å². The second kappa shape index (κ2) is 8.02. The van der Waals surface area contributed by atoms with Gasteiger partial charge in [-0.15, -0.1) is 0 Å². The van der Waals surface area contributed by atoms with E-state index in [1.807, 2.05) is 49.1 Å². The van der Waals surface area contributed by atoms with Crippen LogP contribution in [-0.2, 0) is 10.2 Å². The molecule has 0 radical (unpaired) electrons. The minimum atomic E-state index is -1.35. The van der Waals surface area contributed by atoms with Gasteiger partial charge in [-0.05, 0) is 35.7 Å². The molecule has 3 rings (SSSR count). The smallest absolute Gasteiger partial charge is 0.137 e. The van der Waals surface area contributed by atoms with Crippen LogP contribution < -0.4 is 0 Å². The van der Waals surface area contributed by atoms with Crippen LogP contribution in [-0.4, -0.2) is 53.2 Å². The highest BCUT2D eigenvalue weighted by Gasteiger charge is 2.49. The van der Waals surface area contributed by atoms with Crippen LogP contribution in [0.2, 0.25) is 0 Å². The summed E-state index contributed by atoms with van der Waals surface area (Å²) in [6, 6.07) is 16.2. The maximum atomic E-state index is 11.5. The zero-order valence-corrected chi connectivity index (χ0v) is 17.7. The number of halogens is 1. The molecule has 146 valence electrons. The van der Waals surface area contributed by atoms with Gasteiger partial charge in [-0.1, -0.05) is 66.2 Å². The number of aliphatic hydroxyl groups excluding tert-OH is 1. The molecule has 2 aromatic carbocycles. The molecule has 2 aromatic rings. The SMILES string of the molecule is CC(C)(c1ccccc1-c1ccc(Br)cc1)C(C)(O)C(O)N1CCOCC1. The predicted octanol–water partition coefficient (Wildman–Crippen LogP) is 3.80. The summed E-state index contributed by atoms with van der Waals surface area (Å²) in [6.07, 6.45) is -0.977. The Bertz CT molecular complexity index is 767. The van der Waals surface area contributed by atoms with E-state index in [0.717, 1.165) is 21.2 Å². The van der Waals surface area contributed by atoms with Gasteiger partial charge in [0.2, 0.25) is 0 Å². The Labute approximate surface area is 169 Å². The van der Waals surface area contributed by atoms with E-state index in [1.54, 1.807) is 6.92 Å². The maximum Gasteiger partial charge on any atom is 0.137 e. The Morgan fingerprint density at radius 1 is 1.00 bits per heavy atom. The topological polar surface area (TPSA) is 52.9 Å². The normalized spacial score (nSPS) is 19.5. The van der Waals surface area contributed by atoms with Crippen molar-refractivity contribution in [2.24, 2.45) is 0 Å². The summed E-state index contributed by atoms with van der Waals surface area (Å²) in [4.78, 5) is 1.90. The minimum absolute atomic E-state index is 0.572. The number of morpholine rings is 1. The molecule has 2 atom stereocenters. The quantitative estimate of drug-likeness (QED) is 0.752. The lowest BCUT2D eigenvalue weighted by atomic mass is 9.67. The molecule has 0 amide bonds. The molecule has 0 aromatic heterocycles. The summed E-state index contributed by atoms with van der Waals surface area (Å²) < 4.78 is 6.41. The van der Waals surface area contributed by atoms with Crippen LogP contribution in [0.15, 0.2) is 53.0 Å². The molecule has 0 spiro atoms. The van der Waals surface area contributed by atoms with E-state index in [4.69, 9.17) is 4.74 Å². The monoisotopic (exact) mass is 433 g/mol. The molecule has 0 bridgehead atoms. The Morgan fingerprint density at radius 3 is 2.22 bits per heavy atom. The van der Waals surface area contributed by atoms with Crippen LogP contribution in [0.25, 0.3) is 11.1 Å². The van der Waals surface area contributed by atoms with Gasteiger partial charge in [0, 0.05) is 23.0 Å². The highest BCUT2D eigenvalue weighted by molar-refractivity contribution is 9.10. The van der Waals surface area contributed by atoms with E-state index < -0.39 is 17.2 Å². The summed E-state index contributed by atoms with van der Waals surface area (Å²) in [5.74, 6) is 0. The zero-order valence-electron chi connectivity index (χ0n) is 16.2. The summed E-state index contributed by atoms with van der Waals surface area (Å²) in [5.41, 5.74) is 1.11. The molecule has 2 unspecified atom stereocenters. The van der Waals surface area contributed by atoms with E-state index in [-0.39, 0.29) is 0 Å². The van der Waals surface area contributed by atoms with E-state index in [1.165, 1.54) is 0 Å². The fraction of sp³-hybridized carbons (Fsp3) is 0.455. The third kappa shape index (κ3) is 3.98. The molecule has 2 N–H and O–H groups in total. The van der Waals surface area contributed by atoms with E-state index in [9.17, 15) is 10.2 Å². The van der Waals surface area contributed by atoms with Crippen molar-refractivity contribution in [3.05, 3.63) is 58.6 Å². The minimum Gasteiger partial charge on any atom is -0.385 e. The zero-order chi connectivity index (χ0) is 19.7. The van der Waals surface area contributed by atoms with Crippen molar-refractivity contribution in [2.75, 3.05) is 26.3 Å². The Morgan fingerprint density at radius 2 is 1.59 bits per heavy atom. The number of ether oxygens (including phenoxy) is 1. The number of nitrogens with zero attached hydrogens (tertiary/aromatic N) is 1. The first-order valence-corrected chi connectivity index (χ1v) is 10.1. The van der Waals surface area contributed by atoms with Gasteiger partial charge < -0.3 is 14.9 Å². The van der Waals surface area contributed by atoms with E-state index in [0.29, 0.717) is 26.3 Å². The number of aliphatic hydroxyl groups is 2. The molecule has 0 saturated carbocycles. The molecule has 1 aliphatic heterocycles.